The van der Waals surface area contributed by atoms with Crippen molar-refractivity contribution in [2.45, 2.75) is 19.4 Å². The number of benzene rings is 2. The van der Waals surface area contributed by atoms with Crippen LogP contribution in [0.1, 0.15) is 24.3 Å². The van der Waals surface area contributed by atoms with E-state index in [9.17, 15) is 14.9 Å². The minimum absolute atomic E-state index is 0.00899. The Morgan fingerprint density at radius 2 is 1.90 bits per heavy atom. The molecule has 1 amide bonds. The van der Waals surface area contributed by atoms with Crippen LogP contribution in [0.4, 0.5) is 11.4 Å². The molecule has 1 aromatic heterocycles. The maximum atomic E-state index is 13.4. The van der Waals surface area contributed by atoms with E-state index in [1.807, 2.05) is 32.0 Å². The molecule has 2 heterocycles. The molecule has 0 radical (unpaired) electrons. The first kappa shape index (κ1) is 21.4. The molecule has 9 heteroatoms. The topological polar surface area (TPSA) is 72.7 Å². The molecule has 0 saturated carbocycles. The van der Waals surface area contributed by atoms with Crippen LogP contribution in [0.15, 0.2) is 48.5 Å². The van der Waals surface area contributed by atoms with Crippen LogP contribution < -0.4 is 9.64 Å². The number of nitro groups is 1. The van der Waals surface area contributed by atoms with Crippen molar-refractivity contribution < 1.29 is 14.5 Å². The summed E-state index contributed by atoms with van der Waals surface area (Å²) in [6, 6.07) is 11.7. The third-order valence-electron chi connectivity index (χ3n) is 5.20. The normalized spacial score (nSPS) is 14.2. The van der Waals surface area contributed by atoms with Gasteiger partial charge in [-0.1, -0.05) is 32.9 Å². The molecule has 0 fully saturated rings. The van der Waals surface area contributed by atoms with Gasteiger partial charge in [0.15, 0.2) is 0 Å². The summed E-state index contributed by atoms with van der Waals surface area (Å²) in [4.78, 5) is 26.6. The van der Waals surface area contributed by atoms with Gasteiger partial charge in [0.2, 0.25) is 0 Å². The molecular formula is C22H18N2O4S3. The van der Waals surface area contributed by atoms with Crippen LogP contribution in [0.5, 0.6) is 5.75 Å². The Balaban J connectivity index is 1.76. The Kier molecular flexibility index (Phi) is 5.50. The number of hydrogen-bond donors (Lipinski definition) is 0. The van der Waals surface area contributed by atoms with Crippen LogP contribution in [0.2, 0.25) is 0 Å². The first-order valence-electron chi connectivity index (χ1n) is 9.33. The van der Waals surface area contributed by atoms with Crippen LogP contribution in [0, 0.1) is 13.9 Å². The lowest BCUT2D eigenvalue weighted by atomic mass is 9.87. The van der Waals surface area contributed by atoms with Gasteiger partial charge in [-0.2, -0.15) is 0 Å². The van der Waals surface area contributed by atoms with Crippen molar-refractivity contribution in [2.75, 3.05) is 12.0 Å². The molecule has 0 N–H and O–H groups in total. The van der Waals surface area contributed by atoms with Crippen LogP contribution >= 0.6 is 32.9 Å². The van der Waals surface area contributed by atoms with Gasteiger partial charge in [-0.05, 0) is 55.8 Å². The highest BCUT2D eigenvalue weighted by Gasteiger charge is 2.42. The summed E-state index contributed by atoms with van der Waals surface area (Å²) in [5, 5.41) is 10.8. The second-order valence-electron chi connectivity index (χ2n) is 7.46. The Hall–Kier alpha value is -2.88. The maximum absolute atomic E-state index is 13.4. The van der Waals surface area contributed by atoms with Crippen LogP contribution in [-0.4, -0.2) is 17.9 Å². The molecule has 3 aromatic rings. The van der Waals surface area contributed by atoms with Crippen LogP contribution in [-0.2, 0) is 10.3 Å². The summed E-state index contributed by atoms with van der Waals surface area (Å²) in [6.07, 6.45) is 3.16. The van der Waals surface area contributed by atoms with Crippen molar-refractivity contribution in [3.63, 3.8) is 0 Å². The maximum Gasteiger partial charge on any atom is 0.269 e. The number of amides is 1. The van der Waals surface area contributed by atoms with E-state index < -0.39 is 10.5 Å². The molecule has 0 aliphatic carbocycles. The average Bonchev–Trinajstić information content (AvgIpc) is 3.15. The molecular weight excluding hydrogens is 452 g/mol. The number of nitro benzene ring substituents is 1. The monoisotopic (exact) mass is 470 g/mol. The summed E-state index contributed by atoms with van der Waals surface area (Å²) < 4.78 is 6.20. The third kappa shape index (κ3) is 3.69. The molecule has 2 aromatic carbocycles. The largest absolute Gasteiger partial charge is 0.497 e. The molecule has 1 aliphatic rings. The van der Waals surface area contributed by atoms with Gasteiger partial charge in [0.1, 0.15) is 9.57 Å². The fourth-order valence-electron chi connectivity index (χ4n) is 3.68. The number of ether oxygens (including phenoxy) is 1. The van der Waals surface area contributed by atoms with E-state index in [1.165, 1.54) is 28.5 Å². The van der Waals surface area contributed by atoms with Gasteiger partial charge in [0.05, 0.1) is 28.1 Å². The first-order valence-corrected chi connectivity index (χ1v) is 11.9. The van der Waals surface area contributed by atoms with E-state index in [-0.39, 0.29) is 11.6 Å². The second-order valence-corrected chi connectivity index (χ2v) is 10.3. The number of rotatable bonds is 4. The van der Waals surface area contributed by atoms with E-state index in [0.29, 0.717) is 11.3 Å². The van der Waals surface area contributed by atoms with Gasteiger partial charge in [-0.15, -0.1) is 0 Å². The Morgan fingerprint density at radius 3 is 2.55 bits per heavy atom. The van der Waals surface area contributed by atoms with Gasteiger partial charge in [0.25, 0.3) is 11.6 Å². The molecule has 0 saturated heterocycles. The number of methoxy groups -OCH3 is 1. The Bertz CT molecular complexity index is 1270. The van der Waals surface area contributed by atoms with Crippen LogP contribution in [0.25, 0.3) is 17.2 Å². The Morgan fingerprint density at radius 1 is 1.19 bits per heavy atom. The van der Waals surface area contributed by atoms with E-state index in [0.717, 1.165) is 25.5 Å². The van der Waals surface area contributed by atoms with Crippen molar-refractivity contribution in [3.8, 4) is 16.9 Å². The highest BCUT2D eigenvalue weighted by Crippen LogP contribution is 2.52. The average molecular weight is 471 g/mol. The Labute approximate surface area is 191 Å². The molecule has 1 aliphatic heterocycles. The SMILES string of the molecule is COc1ccc2c(c1)-c1c(ssc1=S)C(C)(C)N2C(=O)/C=C/c1ccc([N+](=O)[O-])cc1. The molecule has 6 nitrogen and oxygen atoms in total. The fourth-order valence-corrected chi connectivity index (χ4v) is 6.96. The number of carbonyl (C=O) groups is 1. The van der Waals surface area contributed by atoms with Gasteiger partial charge in [0, 0.05) is 29.3 Å². The molecule has 0 unspecified atom stereocenters. The number of nitrogens with zero attached hydrogens (tertiary/aromatic N) is 2. The standard InChI is InChI=1S/C22H18N2O4S3/c1-22(2)20-19(21(29)31-30-20)16-12-15(28-3)9-10-17(16)23(22)18(25)11-6-13-4-7-14(8-5-13)24(26)27/h4-12H,1-3H3/b11-6+. The summed E-state index contributed by atoms with van der Waals surface area (Å²) in [5.41, 5.74) is 2.77. The molecule has 0 atom stereocenters. The fraction of sp³-hybridized carbons (Fsp3) is 0.182. The van der Waals surface area contributed by atoms with Crippen molar-refractivity contribution in [2.24, 2.45) is 0 Å². The van der Waals surface area contributed by atoms with E-state index >= 15 is 0 Å². The van der Waals surface area contributed by atoms with E-state index in [2.05, 4.69) is 0 Å². The zero-order chi connectivity index (χ0) is 22.3. The molecule has 0 spiro atoms. The number of carbonyl (C=O) groups excluding carboxylic acids is 1. The minimum atomic E-state index is -0.591. The van der Waals surface area contributed by atoms with E-state index in [4.69, 9.17) is 17.0 Å². The van der Waals surface area contributed by atoms with Crippen LogP contribution in [0.3, 0.4) is 0 Å². The highest BCUT2D eigenvalue weighted by atomic mass is 32.9. The second kappa shape index (κ2) is 7.99. The van der Waals surface area contributed by atoms with E-state index in [1.54, 1.807) is 40.6 Å². The molecule has 0 bridgehead atoms. The van der Waals surface area contributed by atoms with Crippen molar-refractivity contribution >= 4 is 56.3 Å². The lowest BCUT2D eigenvalue weighted by Crippen LogP contribution is -2.47. The summed E-state index contributed by atoms with van der Waals surface area (Å²) >= 11 is 5.60. The molecule has 4 rings (SSSR count). The molecule has 158 valence electrons. The first-order chi connectivity index (χ1) is 14.7. The van der Waals surface area contributed by atoms with Crippen molar-refractivity contribution in [1.29, 1.82) is 0 Å². The lowest BCUT2D eigenvalue weighted by Gasteiger charge is -2.42. The summed E-state index contributed by atoms with van der Waals surface area (Å²) in [5.74, 6) is 0.508. The molecule has 31 heavy (non-hydrogen) atoms. The summed E-state index contributed by atoms with van der Waals surface area (Å²) in [7, 11) is 4.73. The highest BCUT2D eigenvalue weighted by molar-refractivity contribution is 7.80. The lowest BCUT2D eigenvalue weighted by molar-refractivity contribution is -0.384. The zero-order valence-corrected chi connectivity index (χ0v) is 19.4. The number of hydrogen-bond acceptors (Lipinski definition) is 7. The minimum Gasteiger partial charge on any atom is -0.497 e. The van der Waals surface area contributed by atoms with Gasteiger partial charge in [-0.25, -0.2) is 0 Å². The smallest absolute Gasteiger partial charge is 0.269 e. The van der Waals surface area contributed by atoms with Gasteiger partial charge < -0.3 is 4.74 Å². The number of fused-ring (bicyclic) bond motifs is 3. The third-order valence-corrected chi connectivity index (χ3v) is 8.53. The van der Waals surface area contributed by atoms with Gasteiger partial charge in [-0.3, -0.25) is 19.8 Å². The predicted octanol–water partition coefficient (Wildman–Crippen LogP) is 6.42. The number of non-ortho nitro benzene ring substituents is 1. The summed E-state index contributed by atoms with van der Waals surface area (Å²) in [6.45, 7) is 4.02. The zero-order valence-electron chi connectivity index (χ0n) is 16.9. The predicted molar refractivity (Wildman–Crippen MR) is 128 cm³/mol. The van der Waals surface area contributed by atoms with Crippen molar-refractivity contribution in [3.05, 3.63) is 72.9 Å². The quantitative estimate of drug-likeness (QED) is 0.145. The van der Waals surface area contributed by atoms with Crippen molar-refractivity contribution in [1.82, 2.24) is 0 Å². The number of anilines is 1. The van der Waals surface area contributed by atoms with Gasteiger partial charge >= 0.3 is 0 Å².